The monoisotopic (exact) mass is 310 g/mol. The molecule has 0 aliphatic heterocycles. The Balaban J connectivity index is 2.31. The van der Waals surface area contributed by atoms with Crippen molar-refractivity contribution in [1.29, 1.82) is 0 Å². The molecule has 0 amide bonds. The average molecular weight is 310 g/mol. The van der Waals surface area contributed by atoms with Gasteiger partial charge in [0.2, 0.25) is 0 Å². The second-order valence-corrected chi connectivity index (χ2v) is 5.98. The van der Waals surface area contributed by atoms with Gasteiger partial charge in [0.1, 0.15) is 0 Å². The van der Waals surface area contributed by atoms with Crippen LogP contribution in [-0.2, 0) is 16.0 Å². The number of carbonyl (C=O) groups is 1. The lowest BCUT2D eigenvalue weighted by molar-refractivity contribution is -0.139. The van der Waals surface area contributed by atoms with E-state index in [2.05, 4.69) is 0 Å². The Morgan fingerprint density at radius 3 is 2.45 bits per heavy atom. The Bertz CT molecular complexity index is 882. The zero-order chi connectivity index (χ0) is 15.5. The maximum Gasteiger partial charge on any atom is 0.310 e. The van der Waals surface area contributed by atoms with Gasteiger partial charge in [-0.05, 0) is 17.7 Å². The van der Waals surface area contributed by atoms with Crippen LogP contribution in [0.3, 0.4) is 0 Å². The number of esters is 1. The third-order valence-corrected chi connectivity index (χ3v) is 4.64. The third-order valence-electron chi connectivity index (χ3n) is 3.47. The van der Waals surface area contributed by atoms with Crippen molar-refractivity contribution in [3.8, 4) is 11.1 Å². The van der Waals surface area contributed by atoms with Crippen LogP contribution in [0.5, 0.6) is 0 Å². The second kappa shape index (κ2) is 6.12. The zero-order valence-corrected chi connectivity index (χ0v) is 12.9. The smallest absolute Gasteiger partial charge is 0.310 e. The van der Waals surface area contributed by atoms with Crippen LogP contribution in [-0.4, -0.2) is 13.1 Å². The van der Waals surface area contributed by atoms with Gasteiger partial charge in [0.05, 0.1) is 13.5 Å². The van der Waals surface area contributed by atoms with E-state index in [1.165, 1.54) is 18.4 Å². The summed E-state index contributed by atoms with van der Waals surface area (Å²) in [6.07, 6.45) is 0.103. The number of rotatable bonds is 3. The quantitative estimate of drug-likeness (QED) is 0.694. The van der Waals surface area contributed by atoms with Crippen molar-refractivity contribution in [2.75, 3.05) is 7.11 Å². The highest BCUT2D eigenvalue weighted by Gasteiger charge is 2.16. The SMILES string of the molecule is COC(=O)Cc1sc2ccccc2c(=O)c1-c1ccccc1. The van der Waals surface area contributed by atoms with E-state index in [1.54, 1.807) is 0 Å². The molecule has 0 saturated carbocycles. The first-order valence-corrected chi connectivity index (χ1v) is 7.69. The molecule has 110 valence electrons. The Labute approximate surface area is 131 Å². The summed E-state index contributed by atoms with van der Waals surface area (Å²) in [5, 5.41) is 0.681. The lowest BCUT2D eigenvalue weighted by Crippen LogP contribution is -2.12. The molecule has 0 radical (unpaired) electrons. The number of hydrogen-bond acceptors (Lipinski definition) is 4. The Morgan fingerprint density at radius 2 is 1.73 bits per heavy atom. The summed E-state index contributed by atoms with van der Waals surface area (Å²) < 4.78 is 5.64. The standard InChI is InChI=1S/C18H14O3S/c1-21-16(19)11-15-17(12-7-3-2-4-8-12)18(20)13-9-5-6-10-14(13)22-15/h2-10H,11H2,1H3. The lowest BCUT2D eigenvalue weighted by Gasteiger charge is -2.09. The predicted molar refractivity (Wildman–Crippen MR) is 89.3 cm³/mol. The zero-order valence-electron chi connectivity index (χ0n) is 12.0. The molecule has 3 rings (SSSR count). The van der Waals surface area contributed by atoms with E-state index < -0.39 is 0 Å². The largest absolute Gasteiger partial charge is 0.469 e. The van der Waals surface area contributed by atoms with Crippen molar-refractivity contribution in [3.63, 3.8) is 0 Å². The van der Waals surface area contributed by atoms with Crippen molar-refractivity contribution in [2.45, 2.75) is 6.42 Å². The van der Waals surface area contributed by atoms with Crippen LogP contribution in [0.25, 0.3) is 21.2 Å². The van der Waals surface area contributed by atoms with Crippen LogP contribution in [0, 0.1) is 0 Å². The molecular formula is C18H14O3S. The molecule has 0 N–H and O–H groups in total. The molecule has 0 fully saturated rings. The summed E-state index contributed by atoms with van der Waals surface area (Å²) in [6, 6.07) is 16.9. The van der Waals surface area contributed by atoms with Gasteiger partial charge in [0.15, 0.2) is 5.43 Å². The molecule has 2 aromatic carbocycles. The van der Waals surface area contributed by atoms with Crippen molar-refractivity contribution in [3.05, 3.63) is 69.7 Å². The minimum atomic E-state index is -0.344. The predicted octanol–water partition coefficient (Wildman–Crippen LogP) is 3.64. The van der Waals surface area contributed by atoms with Gasteiger partial charge in [-0.15, -0.1) is 11.3 Å². The molecule has 0 bridgehead atoms. The van der Waals surface area contributed by atoms with E-state index in [0.29, 0.717) is 10.9 Å². The van der Waals surface area contributed by atoms with Crippen LogP contribution in [0.2, 0.25) is 0 Å². The summed E-state index contributed by atoms with van der Waals surface area (Å²) in [4.78, 5) is 25.3. The van der Waals surface area contributed by atoms with Gasteiger partial charge in [-0.3, -0.25) is 9.59 Å². The summed E-state index contributed by atoms with van der Waals surface area (Å²) >= 11 is 1.47. The summed E-state index contributed by atoms with van der Waals surface area (Å²) in [5.41, 5.74) is 1.38. The first-order chi connectivity index (χ1) is 10.7. The lowest BCUT2D eigenvalue weighted by atomic mass is 10.0. The number of carbonyl (C=O) groups excluding carboxylic acids is 1. The Morgan fingerprint density at radius 1 is 1.05 bits per heavy atom. The van der Waals surface area contributed by atoms with Gasteiger partial charge >= 0.3 is 5.97 Å². The molecular weight excluding hydrogens is 296 g/mol. The molecule has 0 atom stereocenters. The highest BCUT2D eigenvalue weighted by molar-refractivity contribution is 7.18. The minimum Gasteiger partial charge on any atom is -0.469 e. The van der Waals surface area contributed by atoms with E-state index in [4.69, 9.17) is 4.74 Å². The first-order valence-electron chi connectivity index (χ1n) is 6.87. The fourth-order valence-corrected chi connectivity index (χ4v) is 3.60. The molecule has 4 heteroatoms. The van der Waals surface area contributed by atoms with Gasteiger partial charge in [-0.2, -0.15) is 0 Å². The van der Waals surface area contributed by atoms with Gasteiger partial charge in [-0.25, -0.2) is 0 Å². The van der Waals surface area contributed by atoms with Crippen LogP contribution in [0.4, 0.5) is 0 Å². The minimum absolute atomic E-state index is 0.0422. The van der Waals surface area contributed by atoms with Gasteiger partial charge in [0, 0.05) is 20.5 Å². The topological polar surface area (TPSA) is 43.4 Å². The summed E-state index contributed by atoms with van der Waals surface area (Å²) in [7, 11) is 1.36. The number of fused-ring (bicyclic) bond motifs is 1. The molecule has 0 unspecified atom stereocenters. The third kappa shape index (κ3) is 2.65. The van der Waals surface area contributed by atoms with Crippen LogP contribution in [0.1, 0.15) is 4.88 Å². The number of hydrogen-bond donors (Lipinski definition) is 0. The van der Waals surface area contributed by atoms with Crippen molar-refractivity contribution in [2.24, 2.45) is 0 Å². The number of ether oxygens (including phenoxy) is 1. The van der Waals surface area contributed by atoms with E-state index in [9.17, 15) is 9.59 Å². The summed E-state index contributed by atoms with van der Waals surface area (Å²) in [5.74, 6) is -0.344. The van der Waals surface area contributed by atoms with Crippen molar-refractivity contribution in [1.82, 2.24) is 0 Å². The van der Waals surface area contributed by atoms with Crippen molar-refractivity contribution < 1.29 is 9.53 Å². The van der Waals surface area contributed by atoms with Crippen LogP contribution < -0.4 is 5.43 Å². The van der Waals surface area contributed by atoms with Crippen molar-refractivity contribution >= 4 is 27.4 Å². The van der Waals surface area contributed by atoms with Crippen LogP contribution in [0.15, 0.2) is 59.4 Å². The average Bonchev–Trinajstić information content (AvgIpc) is 2.56. The molecule has 3 nitrogen and oxygen atoms in total. The highest BCUT2D eigenvalue weighted by atomic mass is 32.1. The maximum atomic E-state index is 12.9. The highest BCUT2D eigenvalue weighted by Crippen LogP contribution is 2.29. The fraction of sp³-hybridized carbons (Fsp3) is 0.111. The molecule has 1 aromatic heterocycles. The second-order valence-electron chi connectivity index (χ2n) is 4.84. The van der Waals surface area contributed by atoms with Crippen LogP contribution >= 0.6 is 11.3 Å². The van der Waals surface area contributed by atoms with Gasteiger partial charge in [0.25, 0.3) is 0 Å². The molecule has 3 aromatic rings. The van der Waals surface area contributed by atoms with Gasteiger partial charge in [-0.1, -0.05) is 42.5 Å². The van der Waals surface area contributed by atoms with E-state index in [0.717, 1.165) is 15.1 Å². The fourth-order valence-electron chi connectivity index (χ4n) is 2.41. The molecule has 0 aliphatic rings. The van der Waals surface area contributed by atoms with Gasteiger partial charge < -0.3 is 4.74 Å². The van der Waals surface area contributed by atoms with E-state index >= 15 is 0 Å². The van der Waals surface area contributed by atoms with E-state index in [-0.39, 0.29) is 17.8 Å². The van der Waals surface area contributed by atoms with E-state index in [1.807, 2.05) is 54.6 Å². The summed E-state index contributed by atoms with van der Waals surface area (Å²) in [6.45, 7) is 0. The Hall–Kier alpha value is -2.46. The number of methoxy groups -OCH3 is 1. The normalized spacial score (nSPS) is 10.6. The Kier molecular flexibility index (Phi) is 4.02. The molecule has 22 heavy (non-hydrogen) atoms. The first kappa shape index (κ1) is 14.5. The number of benzene rings is 2. The molecule has 0 spiro atoms. The molecule has 1 heterocycles. The maximum absolute atomic E-state index is 12.9. The molecule has 0 aliphatic carbocycles. The molecule has 0 saturated heterocycles.